The second kappa shape index (κ2) is 5.05. The van der Waals surface area contributed by atoms with E-state index in [2.05, 4.69) is 10.3 Å². The number of hydrogen-bond acceptors (Lipinski definition) is 2. The first-order valence-corrected chi connectivity index (χ1v) is 6.86. The third-order valence-corrected chi connectivity index (χ3v) is 3.88. The van der Waals surface area contributed by atoms with E-state index in [0.717, 1.165) is 36.6 Å². The Bertz CT molecular complexity index is 549. The van der Waals surface area contributed by atoms with Crippen LogP contribution in [0.2, 0.25) is 0 Å². The highest BCUT2D eigenvalue weighted by Gasteiger charge is 2.21. The van der Waals surface area contributed by atoms with Gasteiger partial charge >= 0.3 is 0 Å². The Labute approximate surface area is 112 Å². The minimum Gasteiger partial charge on any atom is -0.351 e. The summed E-state index contributed by atoms with van der Waals surface area (Å²) >= 11 is 0. The van der Waals surface area contributed by atoms with Gasteiger partial charge in [0.15, 0.2) is 0 Å². The van der Waals surface area contributed by atoms with E-state index in [1.807, 2.05) is 30.3 Å². The predicted molar refractivity (Wildman–Crippen MR) is 76.0 cm³/mol. The van der Waals surface area contributed by atoms with Crippen LogP contribution in [0.15, 0.2) is 30.3 Å². The molecular formula is C15H19N3O. The van der Waals surface area contributed by atoms with Crippen LogP contribution >= 0.6 is 0 Å². The summed E-state index contributed by atoms with van der Waals surface area (Å²) in [6, 6.07) is 10.4. The van der Waals surface area contributed by atoms with Gasteiger partial charge in [0, 0.05) is 23.0 Å². The summed E-state index contributed by atoms with van der Waals surface area (Å²) in [5.74, 6) is -0.0170. The molecule has 0 radical (unpaired) electrons. The molecule has 0 saturated heterocycles. The van der Waals surface area contributed by atoms with Gasteiger partial charge in [0.2, 0.25) is 0 Å². The highest BCUT2D eigenvalue weighted by molar-refractivity contribution is 5.98. The van der Waals surface area contributed by atoms with Crippen molar-refractivity contribution < 1.29 is 4.79 Å². The molecule has 1 fully saturated rings. The number of aromatic amines is 1. The van der Waals surface area contributed by atoms with E-state index >= 15 is 0 Å². The number of fused-ring (bicyclic) bond motifs is 1. The van der Waals surface area contributed by atoms with Gasteiger partial charge in [-0.05, 0) is 37.8 Å². The molecule has 0 atom stereocenters. The van der Waals surface area contributed by atoms with Gasteiger partial charge in [-0.15, -0.1) is 0 Å². The van der Waals surface area contributed by atoms with Crippen LogP contribution in [0.5, 0.6) is 0 Å². The number of rotatable bonds is 2. The van der Waals surface area contributed by atoms with E-state index in [1.165, 1.54) is 0 Å². The summed E-state index contributed by atoms with van der Waals surface area (Å²) in [4.78, 5) is 15.3. The molecule has 0 unspecified atom stereocenters. The summed E-state index contributed by atoms with van der Waals surface area (Å²) in [5, 5.41) is 4.16. The lowest BCUT2D eigenvalue weighted by atomic mass is 9.92. The molecule has 1 aliphatic rings. The maximum Gasteiger partial charge on any atom is 0.267 e. The van der Waals surface area contributed by atoms with Crippen LogP contribution in [-0.2, 0) is 0 Å². The molecule has 100 valence electrons. The van der Waals surface area contributed by atoms with E-state index in [-0.39, 0.29) is 11.9 Å². The second-order valence-electron chi connectivity index (χ2n) is 5.36. The van der Waals surface area contributed by atoms with Crippen molar-refractivity contribution in [2.45, 2.75) is 37.8 Å². The van der Waals surface area contributed by atoms with Crippen molar-refractivity contribution in [1.29, 1.82) is 0 Å². The van der Waals surface area contributed by atoms with E-state index in [9.17, 15) is 4.79 Å². The monoisotopic (exact) mass is 257 g/mol. The molecular weight excluding hydrogens is 238 g/mol. The predicted octanol–water partition coefficient (Wildman–Crippen LogP) is 2.17. The fraction of sp³-hybridized carbons (Fsp3) is 0.400. The Balaban J connectivity index is 1.70. The lowest BCUT2D eigenvalue weighted by molar-refractivity contribution is 0.0921. The number of nitrogens with two attached hydrogens (primary N) is 1. The van der Waals surface area contributed by atoms with Crippen LogP contribution in [0.4, 0.5) is 0 Å². The molecule has 19 heavy (non-hydrogen) atoms. The summed E-state index contributed by atoms with van der Waals surface area (Å²) < 4.78 is 0. The summed E-state index contributed by atoms with van der Waals surface area (Å²) in [7, 11) is 0. The van der Waals surface area contributed by atoms with Gasteiger partial charge in [-0.25, -0.2) is 0 Å². The van der Waals surface area contributed by atoms with Gasteiger partial charge < -0.3 is 16.0 Å². The molecule has 0 aliphatic heterocycles. The maximum atomic E-state index is 12.2. The minimum absolute atomic E-state index is 0.0170. The summed E-state index contributed by atoms with van der Waals surface area (Å²) in [6.45, 7) is 0. The largest absolute Gasteiger partial charge is 0.351 e. The first kappa shape index (κ1) is 12.2. The van der Waals surface area contributed by atoms with E-state index < -0.39 is 0 Å². The van der Waals surface area contributed by atoms with Crippen LogP contribution in [-0.4, -0.2) is 23.0 Å². The molecule has 1 aromatic heterocycles. The van der Waals surface area contributed by atoms with Gasteiger partial charge in [0.25, 0.3) is 5.91 Å². The van der Waals surface area contributed by atoms with Crippen molar-refractivity contribution >= 4 is 16.8 Å². The molecule has 1 aliphatic carbocycles. The molecule has 0 spiro atoms. The number of para-hydroxylation sites is 1. The average molecular weight is 257 g/mol. The lowest BCUT2D eigenvalue weighted by Gasteiger charge is -2.26. The maximum absolute atomic E-state index is 12.2. The van der Waals surface area contributed by atoms with Gasteiger partial charge in [-0.1, -0.05) is 18.2 Å². The van der Waals surface area contributed by atoms with Crippen LogP contribution in [0, 0.1) is 0 Å². The van der Waals surface area contributed by atoms with Crippen LogP contribution in [0.25, 0.3) is 10.9 Å². The minimum atomic E-state index is -0.0170. The molecule has 4 N–H and O–H groups in total. The Morgan fingerprint density at radius 2 is 1.95 bits per heavy atom. The molecule has 1 amide bonds. The smallest absolute Gasteiger partial charge is 0.267 e. The number of amides is 1. The number of carbonyl (C=O) groups is 1. The third kappa shape index (κ3) is 2.63. The van der Waals surface area contributed by atoms with Crippen LogP contribution < -0.4 is 11.1 Å². The van der Waals surface area contributed by atoms with Gasteiger partial charge in [-0.2, -0.15) is 0 Å². The number of carbonyl (C=O) groups excluding carboxylic acids is 1. The number of nitrogens with one attached hydrogen (secondary N) is 2. The van der Waals surface area contributed by atoms with Crippen LogP contribution in [0.1, 0.15) is 36.2 Å². The third-order valence-electron chi connectivity index (χ3n) is 3.88. The first-order valence-electron chi connectivity index (χ1n) is 6.86. The molecule has 4 nitrogen and oxygen atoms in total. The fourth-order valence-electron chi connectivity index (χ4n) is 2.72. The van der Waals surface area contributed by atoms with Gasteiger partial charge in [0.1, 0.15) is 5.69 Å². The molecule has 1 heterocycles. The molecule has 0 bridgehead atoms. The normalized spacial score (nSPS) is 23.4. The summed E-state index contributed by atoms with van der Waals surface area (Å²) in [6.07, 6.45) is 3.95. The van der Waals surface area contributed by atoms with Gasteiger partial charge in [0.05, 0.1) is 0 Å². The van der Waals surface area contributed by atoms with Crippen molar-refractivity contribution in [3.8, 4) is 0 Å². The fourth-order valence-corrected chi connectivity index (χ4v) is 2.72. The van der Waals surface area contributed by atoms with Crippen molar-refractivity contribution in [3.05, 3.63) is 36.0 Å². The number of benzene rings is 1. The second-order valence-corrected chi connectivity index (χ2v) is 5.36. The molecule has 1 saturated carbocycles. The Kier molecular flexibility index (Phi) is 3.25. The first-order chi connectivity index (χ1) is 9.22. The lowest BCUT2D eigenvalue weighted by Crippen LogP contribution is -2.40. The zero-order valence-electron chi connectivity index (χ0n) is 10.9. The van der Waals surface area contributed by atoms with Crippen molar-refractivity contribution in [1.82, 2.24) is 10.3 Å². The Morgan fingerprint density at radius 1 is 1.21 bits per heavy atom. The number of aromatic nitrogens is 1. The number of hydrogen-bond donors (Lipinski definition) is 3. The quantitative estimate of drug-likeness (QED) is 0.771. The molecule has 3 rings (SSSR count). The van der Waals surface area contributed by atoms with Crippen molar-refractivity contribution in [3.63, 3.8) is 0 Å². The Morgan fingerprint density at radius 3 is 2.68 bits per heavy atom. The topological polar surface area (TPSA) is 70.9 Å². The zero-order valence-corrected chi connectivity index (χ0v) is 10.9. The average Bonchev–Trinajstić information content (AvgIpc) is 2.85. The van der Waals surface area contributed by atoms with E-state index in [4.69, 9.17) is 5.73 Å². The Hall–Kier alpha value is -1.81. The highest BCUT2D eigenvalue weighted by Crippen LogP contribution is 2.18. The molecule has 2 aromatic rings. The highest BCUT2D eigenvalue weighted by atomic mass is 16.1. The van der Waals surface area contributed by atoms with Gasteiger partial charge in [-0.3, -0.25) is 4.79 Å². The zero-order chi connectivity index (χ0) is 13.2. The SMILES string of the molecule is NC1CCC(NC(=O)c2cc3ccccc3[nH]2)CC1. The summed E-state index contributed by atoms with van der Waals surface area (Å²) in [5.41, 5.74) is 7.50. The molecule has 4 heteroatoms. The van der Waals surface area contributed by atoms with E-state index in [1.54, 1.807) is 0 Å². The van der Waals surface area contributed by atoms with Crippen molar-refractivity contribution in [2.75, 3.05) is 0 Å². The number of H-pyrrole nitrogens is 1. The van der Waals surface area contributed by atoms with E-state index in [0.29, 0.717) is 11.7 Å². The van der Waals surface area contributed by atoms with Crippen LogP contribution in [0.3, 0.4) is 0 Å². The molecule has 1 aromatic carbocycles. The van der Waals surface area contributed by atoms with Crippen molar-refractivity contribution in [2.24, 2.45) is 5.73 Å². The standard InChI is InChI=1S/C15H19N3O/c16-11-5-7-12(8-6-11)17-15(19)14-9-10-3-1-2-4-13(10)18-14/h1-4,9,11-12,18H,5-8,16H2,(H,17,19).